The summed E-state index contributed by atoms with van der Waals surface area (Å²) in [4.78, 5) is 0. The van der Waals surface area contributed by atoms with Crippen molar-refractivity contribution in [3.63, 3.8) is 0 Å². The smallest absolute Gasteiger partial charge is 0.122 e. The predicted molar refractivity (Wildman–Crippen MR) is 82.5 cm³/mol. The lowest BCUT2D eigenvalue weighted by molar-refractivity contribution is 0.458. The van der Waals surface area contributed by atoms with Gasteiger partial charge in [-0.1, -0.05) is 51.1 Å². The summed E-state index contributed by atoms with van der Waals surface area (Å²) in [6, 6.07) is 11.7. The lowest BCUT2D eigenvalue weighted by atomic mass is 9.89. The molecule has 2 nitrogen and oxygen atoms in total. The van der Waals surface area contributed by atoms with Gasteiger partial charge in [-0.3, -0.25) is 0 Å². The molecule has 2 heteroatoms. The molecule has 0 aromatic heterocycles. The first-order chi connectivity index (χ1) is 9.58. The van der Waals surface area contributed by atoms with Crippen LogP contribution >= 0.6 is 0 Å². The SMILES string of the molecule is CCc1ccc(C(C)c2cccc(CC)c2O)cc1O. The molecule has 0 amide bonds. The van der Waals surface area contributed by atoms with Crippen molar-refractivity contribution in [2.45, 2.75) is 39.5 Å². The maximum atomic E-state index is 10.3. The van der Waals surface area contributed by atoms with E-state index in [-0.39, 0.29) is 5.92 Å². The van der Waals surface area contributed by atoms with Crippen LogP contribution < -0.4 is 0 Å². The Labute approximate surface area is 120 Å². The van der Waals surface area contributed by atoms with Gasteiger partial charge in [0, 0.05) is 11.5 Å². The minimum atomic E-state index is 0.0540. The molecule has 0 saturated carbocycles. The molecule has 1 unspecified atom stereocenters. The number of aromatic hydroxyl groups is 2. The van der Waals surface area contributed by atoms with E-state index in [1.54, 1.807) is 0 Å². The number of benzene rings is 2. The van der Waals surface area contributed by atoms with Crippen LogP contribution in [0.25, 0.3) is 0 Å². The van der Waals surface area contributed by atoms with Crippen molar-refractivity contribution in [2.75, 3.05) is 0 Å². The second kappa shape index (κ2) is 6.00. The maximum Gasteiger partial charge on any atom is 0.122 e. The third-order valence-corrected chi connectivity index (χ3v) is 3.99. The first kappa shape index (κ1) is 14.4. The van der Waals surface area contributed by atoms with Crippen LogP contribution in [0.4, 0.5) is 0 Å². The molecule has 106 valence electrons. The molecular formula is C18H22O2. The summed E-state index contributed by atoms with van der Waals surface area (Å²) < 4.78 is 0. The van der Waals surface area contributed by atoms with Gasteiger partial charge < -0.3 is 10.2 Å². The molecular weight excluding hydrogens is 248 g/mol. The van der Waals surface area contributed by atoms with E-state index in [2.05, 4.69) is 6.92 Å². The van der Waals surface area contributed by atoms with Crippen molar-refractivity contribution in [1.29, 1.82) is 0 Å². The van der Waals surface area contributed by atoms with Crippen LogP contribution in [0, 0.1) is 0 Å². The molecule has 20 heavy (non-hydrogen) atoms. The normalized spacial score (nSPS) is 12.3. The van der Waals surface area contributed by atoms with Crippen LogP contribution in [0.1, 0.15) is 48.9 Å². The van der Waals surface area contributed by atoms with Crippen LogP contribution in [0.2, 0.25) is 0 Å². The molecule has 1 atom stereocenters. The number of hydrogen-bond donors (Lipinski definition) is 2. The summed E-state index contributed by atoms with van der Waals surface area (Å²) in [6.45, 7) is 6.11. The topological polar surface area (TPSA) is 40.5 Å². The van der Waals surface area contributed by atoms with E-state index >= 15 is 0 Å². The molecule has 0 bridgehead atoms. The molecule has 0 aliphatic rings. The zero-order valence-corrected chi connectivity index (χ0v) is 12.4. The van der Waals surface area contributed by atoms with Gasteiger partial charge in [0.25, 0.3) is 0 Å². The highest BCUT2D eigenvalue weighted by atomic mass is 16.3. The van der Waals surface area contributed by atoms with Crippen molar-refractivity contribution in [3.05, 3.63) is 58.7 Å². The van der Waals surface area contributed by atoms with E-state index in [1.807, 2.05) is 50.2 Å². The quantitative estimate of drug-likeness (QED) is 0.865. The van der Waals surface area contributed by atoms with Crippen molar-refractivity contribution in [2.24, 2.45) is 0 Å². The molecule has 0 spiro atoms. The van der Waals surface area contributed by atoms with E-state index in [0.29, 0.717) is 11.5 Å². The van der Waals surface area contributed by atoms with E-state index in [1.165, 1.54) is 0 Å². The Morgan fingerprint density at radius 1 is 0.950 bits per heavy atom. The van der Waals surface area contributed by atoms with E-state index < -0.39 is 0 Å². The average Bonchev–Trinajstić information content (AvgIpc) is 2.46. The molecule has 2 N–H and O–H groups in total. The van der Waals surface area contributed by atoms with Crippen LogP contribution in [0.3, 0.4) is 0 Å². The summed E-state index contributed by atoms with van der Waals surface area (Å²) in [7, 11) is 0. The van der Waals surface area contributed by atoms with Gasteiger partial charge in [0.1, 0.15) is 11.5 Å². The average molecular weight is 270 g/mol. The van der Waals surface area contributed by atoms with Crippen LogP contribution in [0.5, 0.6) is 11.5 Å². The maximum absolute atomic E-state index is 10.3. The lowest BCUT2D eigenvalue weighted by Gasteiger charge is -2.17. The minimum Gasteiger partial charge on any atom is -0.508 e. The van der Waals surface area contributed by atoms with Gasteiger partial charge in [-0.15, -0.1) is 0 Å². The van der Waals surface area contributed by atoms with Gasteiger partial charge in [0.15, 0.2) is 0 Å². The van der Waals surface area contributed by atoms with Crippen molar-refractivity contribution in [1.82, 2.24) is 0 Å². The highest BCUT2D eigenvalue weighted by Gasteiger charge is 2.15. The van der Waals surface area contributed by atoms with Gasteiger partial charge in [-0.05, 0) is 35.6 Å². The highest BCUT2D eigenvalue weighted by molar-refractivity contribution is 5.48. The summed E-state index contributed by atoms with van der Waals surface area (Å²) in [5.74, 6) is 0.767. The number of hydrogen-bond acceptors (Lipinski definition) is 2. The van der Waals surface area contributed by atoms with Gasteiger partial charge in [-0.25, -0.2) is 0 Å². The first-order valence-electron chi connectivity index (χ1n) is 7.21. The molecule has 0 aliphatic carbocycles. The zero-order valence-electron chi connectivity index (χ0n) is 12.4. The molecule has 0 radical (unpaired) electrons. The molecule has 2 aromatic carbocycles. The van der Waals surface area contributed by atoms with Gasteiger partial charge in [0.05, 0.1) is 0 Å². The van der Waals surface area contributed by atoms with Crippen molar-refractivity contribution < 1.29 is 10.2 Å². The Balaban J connectivity index is 2.41. The standard InChI is InChI=1S/C18H22O2/c1-4-13-9-10-15(11-17(13)19)12(3)16-8-6-7-14(5-2)18(16)20/h6-12,19-20H,4-5H2,1-3H3. The van der Waals surface area contributed by atoms with E-state index in [9.17, 15) is 10.2 Å². The molecule has 2 rings (SSSR count). The Kier molecular flexibility index (Phi) is 4.33. The molecule has 2 aromatic rings. The summed E-state index contributed by atoms with van der Waals surface area (Å²) in [5, 5.41) is 20.3. The first-order valence-corrected chi connectivity index (χ1v) is 7.21. The molecule has 0 heterocycles. The second-order valence-electron chi connectivity index (χ2n) is 5.17. The predicted octanol–water partition coefficient (Wildman–Crippen LogP) is 4.37. The Morgan fingerprint density at radius 3 is 2.25 bits per heavy atom. The second-order valence-corrected chi connectivity index (χ2v) is 5.17. The fourth-order valence-corrected chi connectivity index (χ4v) is 2.57. The monoisotopic (exact) mass is 270 g/mol. The third kappa shape index (κ3) is 2.64. The molecule has 0 fully saturated rings. The zero-order chi connectivity index (χ0) is 14.7. The van der Waals surface area contributed by atoms with Crippen LogP contribution in [-0.2, 0) is 12.8 Å². The molecule has 0 saturated heterocycles. The lowest BCUT2D eigenvalue weighted by Crippen LogP contribution is -1.99. The van der Waals surface area contributed by atoms with E-state index in [4.69, 9.17) is 0 Å². The Morgan fingerprint density at radius 2 is 1.65 bits per heavy atom. The van der Waals surface area contributed by atoms with Gasteiger partial charge in [-0.2, -0.15) is 0 Å². The Bertz CT molecular complexity index is 602. The van der Waals surface area contributed by atoms with Gasteiger partial charge in [0.2, 0.25) is 0 Å². The number of phenolic OH excluding ortho intramolecular Hbond substituents is 2. The third-order valence-electron chi connectivity index (χ3n) is 3.99. The summed E-state index contributed by atoms with van der Waals surface area (Å²) in [5.41, 5.74) is 3.84. The molecule has 0 aliphatic heterocycles. The van der Waals surface area contributed by atoms with Crippen LogP contribution in [0.15, 0.2) is 36.4 Å². The summed E-state index contributed by atoms with van der Waals surface area (Å²) >= 11 is 0. The van der Waals surface area contributed by atoms with Crippen molar-refractivity contribution >= 4 is 0 Å². The fourth-order valence-electron chi connectivity index (χ4n) is 2.57. The fraction of sp³-hybridized carbons (Fsp3) is 0.333. The Hall–Kier alpha value is -1.96. The number of rotatable bonds is 4. The van der Waals surface area contributed by atoms with Crippen molar-refractivity contribution in [3.8, 4) is 11.5 Å². The number of phenols is 2. The minimum absolute atomic E-state index is 0.0540. The van der Waals surface area contributed by atoms with E-state index in [0.717, 1.165) is 35.1 Å². The number of para-hydroxylation sites is 1. The van der Waals surface area contributed by atoms with Crippen LogP contribution in [-0.4, -0.2) is 10.2 Å². The number of aryl methyl sites for hydroxylation is 2. The largest absolute Gasteiger partial charge is 0.508 e. The van der Waals surface area contributed by atoms with Gasteiger partial charge >= 0.3 is 0 Å². The summed E-state index contributed by atoms with van der Waals surface area (Å²) in [6.07, 6.45) is 1.63. The highest BCUT2D eigenvalue weighted by Crippen LogP contribution is 2.35.